The maximum atomic E-state index is 13.1. The fourth-order valence-corrected chi connectivity index (χ4v) is 4.17. The van der Waals surface area contributed by atoms with Crippen molar-refractivity contribution in [1.29, 1.82) is 0 Å². The number of amides is 2. The molecule has 0 bridgehead atoms. The lowest BCUT2D eigenvalue weighted by atomic mass is 9.89. The number of piperidine rings is 1. The first-order valence-corrected chi connectivity index (χ1v) is 10.3. The first-order chi connectivity index (χ1) is 14.5. The molecule has 0 aromatic carbocycles. The number of ether oxygens (including phenoxy) is 1. The third-order valence-corrected chi connectivity index (χ3v) is 5.76. The molecule has 4 rings (SSSR count). The van der Waals surface area contributed by atoms with Gasteiger partial charge in [0.05, 0.1) is 24.4 Å². The number of nitrogens with one attached hydrogen (secondary N) is 2. The highest BCUT2D eigenvalue weighted by Gasteiger charge is 2.44. The number of fused-ring (bicyclic) bond motifs is 1. The fourth-order valence-electron chi connectivity index (χ4n) is 4.17. The van der Waals surface area contributed by atoms with Crippen molar-refractivity contribution in [2.45, 2.75) is 44.9 Å². The molecule has 2 saturated heterocycles. The molecule has 2 aromatic heterocycles. The van der Waals surface area contributed by atoms with Gasteiger partial charge < -0.3 is 19.5 Å². The molecule has 2 N–H and O–H groups in total. The van der Waals surface area contributed by atoms with E-state index in [0.29, 0.717) is 26.1 Å². The highest BCUT2D eigenvalue weighted by atomic mass is 16.5. The molecule has 2 aromatic rings. The predicted octanol–water partition coefficient (Wildman–Crippen LogP) is 0.635. The number of Topliss-reactive ketones (excluding diaryl/α,β-unsaturated/α-hetero) is 1. The summed E-state index contributed by atoms with van der Waals surface area (Å²) < 4.78 is 7.77. The Kier molecular flexibility index (Phi) is 5.93. The number of aryl methyl sites for hydroxylation is 1. The van der Waals surface area contributed by atoms with Crippen LogP contribution in [0.25, 0.3) is 0 Å². The topological polar surface area (TPSA) is 122 Å². The van der Waals surface area contributed by atoms with Crippen LogP contribution in [0.1, 0.15) is 47.2 Å². The average molecular weight is 414 g/mol. The van der Waals surface area contributed by atoms with E-state index in [1.165, 1.54) is 13.0 Å². The lowest BCUT2D eigenvalue weighted by molar-refractivity contribution is -0.128. The predicted molar refractivity (Wildman–Crippen MR) is 106 cm³/mol. The molecule has 2 aliphatic heterocycles. The Balaban J connectivity index is 1.38. The summed E-state index contributed by atoms with van der Waals surface area (Å²) in [6.07, 6.45) is 7.34. The zero-order chi connectivity index (χ0) is 21.1. The Hall–Kier alpha value is -3.01. The van der Waals surface area contributed by atoms with E-state index in [4.69, 9.17) is 4.74 Å². The Labute approximate surface area is 174 Å². The van der Waals surface area contributed by atoms with Gasteiger partial charge in [0.25, 0.3) is 5.91 Å². The van der Waals surface area contributed by atoms with Crippen LogP contribution in [0.2, 0.25) is 0 Å². The van der Waals surface area contributed by atoms with Gasteiger partial charge in [0, 0.05) is 45.6 Å². The summed E-state index contributed by atoms with van der Waals surface area (Å²) in [7, 11) is 0. The second kappa shape index (κ2) is 8.78. The number of imidazole rings is 1. The van der Waals surface area contributed by atoms with Gasteiger partial charge in [-0.2, -0.15) is 5.10 Å². The average Bonchev–Trinajstić information content (AvgIpc) is 3.50. The van der Waals surface area contributed by atoms with Crippen LogP contribution in [0.3, 0.4) is 0 Å². The van der Waals surface area contributed by atoms with Crippen molar-refractivity contribution in [3.8, 4) is 0 Å². The molecule has 0 saturated carbocycles. The zero-order valence-electron chi connectivity index (χ0n) is 16.9. The number of carbonyl (C=O) groups excluding carboxylic acids is 3. The minimum atomic E-state index is -0.336. The molecule has 1 unspecified atom stereocenters. The lowest BCUT2D eigenvalue weighted by Crippen LogP contribution is -2.55. The summed E-state index contributed by atoms with van der Waals surface area (Å²) in [6.45, 7) is 3.63. The minimum absolute atomic E-state index is 0.0631. The maximum Gasteiger partial charge on any atom is 0.272 e. The van der Waals surface area contributed by atoms with Crippen LogP contribution in [0.4, 0.5) is 0 Å². The zero-order valence-corrected chi connectivity index (χ0v) is 16.9. The van der Waals surface area contributed by atoms with E-state index in [2.05, 4.69) is 20.5 Å². The van der Waals surface area contributed by atoms with Crippen LogP contribution in [0.5, 0.6) is 0 Å². The van der Waals surface area contributed by atoms with Gasteiger partial charge in [0.1, 0.15) is 11.4 Å². The number of carbonyl (C=O) groups is 3. The van der Waals surface area contributed by atoms with Gasteiger partial charge in [-0.25, -0.2) is 4.98 Å². The number of aromatic nitrogens is 4. The van der Waals surface area contributed by atoms with Gasteiger partial charge in [0.15, 0.2) is 5.78 Å². The Bertz CT molecular complexity index is 908. The quantitative estimate of drug-likeness (QED) is 0.506. The molecule has 30 heavy (non-hydrogen) atoms. The van der Waals surface area contributed by atoms with Crippen LogP contribution in [0.15, 0.2) is 24.8 Å². The van der Waals surface area contributed by atoms with E-state index in [9.17, 15) is 14.4 Å². The van der Waals surface area contributed by atoms with E-state index in [0.717, 1.165) is 19.4 Å². The molecule has 0 radical (unpaired) electrons. The summed E-state index contributed by atoms with van der Waals surface area (Å²) >= 11 is 0. The summed E-state index contributed by atoms with van der Waals surface area (Å²) in [4.78, 5) is 43.0. The molecule has 2 aliphatic rings. The molecular weight excluding hydrogens is 388 g/mol. The molecule has 4 heterocycles. The first kappa shape index (κ1) is 20.3. The smallest absolute Gasteiger partial charge is 0.272 e. The van der Waals surface area contributed by atoms with Crippen molar-refractivity contribution in [2.24, 2.45) is 5.92 Å². The van der Waals surface area contributed by atoms with Crippen LogP contribution < -0.4 is 5.32 Å². The molecule has 10 heteroatoms. The van der Waals surface area contributed by atoms with Crippen molar-refractivity contribution in [3.05, 3.63) is 36.2 Å². The monoisotopic (exact) mass is 414 g/mol. The van der Waals surface area contributed by atoms with Crippen molar-refractivity contribution in [3.63, 3.8) is 0 Å². The van der Waals surface area contributed by atoms with Gasteiger partial charge in [-0.15, -0.1) is 0 Å². The molecule has 2 fully saturated rings. The van der Waals surface area contributed by atoms with E-state index in [1.54, 1.807) is 17.4 Å². The molecule has 160 valence electrons. The van der Waals surface area contributed by atoms with Crippen molar-refractivity contribution in [1.82, 2.24) is 30.0 Å². The Morgan fingerprint density at radius 3 is 2.97 bits per heavy atom. The van der Waals surface area contributed by atoms with Crippen LogP contribution in [-0.4, -0.2) is 74.1 Å². The summed E-state index contributed by atoms with van der Waals surface area (Å²) in [6, 6.07) is 1.40. The number of nitrogens with zero attached hydrogens (tertiary/aromatic N) is 4. The lowest BCUT2D eigenvalue weighted by Gasteiger charge is -2.40. The van der Waals surface area contributed by atoms with E-state index >= 15 is 0 Å². The molecule has 10 nitrogen and oxygen atoms in total. The van der Waals surface area contributed by atoms with Crippen molar-refractivity contribution in [2.75, 3.05) is 19.7 Å². The van der Waals surface area contributed by atoms with Gasteiger partial charge in [0.2, 0.25) is 5.91 Å². The van der Waals surface area contributed by atoms with E-state index in [-0.39, 0.29) is 47.0 Å². The highest BCUT2D eigenvalue weighted by molar-refractivity contribution is 5.98. The summed E-state index contributed by atoms with van der Waals surface area (Å²) in [5, 5.41) is 9.54. The van der Waals surface area contributed by atoms with E-state index in [1.807, 2.05) is 10.8 Å². The number of likely N-dealkylation sites (tertiary alicyclic amines) is 1. The van der Waals surface area contributed by atoms with Crippen molar-refractivity contribution < 1.29 is 19.1 Å². The number of hydrogen-bond acceptors (Lipinski definition) is 6. The Morgan fingerprint density at radius 1 is 1.37 bits per heavy atom. The normalized spacial score (nSPS) is 23.2. The molecular formula is C20H26N6O4. The van der Waals surface area contributed by atoms with Gasteiger partial charge >= 0.3 is 0 Å². The van der Waals surface area contributed by atoms with Crippen LogP contribution in [-0.2, 0) is 16.1 Å². The minimum Gasteiger partial charge on any atom is -0.376 e. The second-order valence-corrected chi connectivity index (χ2v) is 7.82. The fraction of sp³-hybridized carbons (Fsp3) is 0.550. The summed E-state index contributed by atoms with van der Waals surface area (Å²) in [5.41, 5.74) is 0.481. The van der Waals surface area contributed by atoms with Crippen LogP contribution in [0, 0.1) is 5.92 Å². The number of rotatable bonds is 7. The molecule has 2 amide bonds. The standard InChI is InChI=1S/C20H26N6O4/c1-13(27)15-10-16(24-23-15)20(29)26-11-14(9-18-17(26)3-8-30-18)19(28)22-4-2-6-25-7-5-21-12-25/h5,7,10,12,14,17-18H,2-4,6,8-9,11H2,1H3,(H,22,28)(H,23,24)/t14?,17-,18+/m1/s1. The van der Waals surface area contributed by atoms with Crippen LogP contribution >= 0.6 is 0 Å². The Morgan fingerprint density at radius 2 is 2.23 bits per heavy atom. The first-order valence-electron chi connectivity index (χ1n) is 10.3. The highest BCUT2D eigenvalue weighted by Crippen LogP contribution is 2.32. The summed E-state index contributed by atoms with van der Waals surface area (Å²) in [5.74, 6) is -0.870. The van der Waals surface area contributed by atoms with Crippen molar-refractivity contribution >= 4 is 17.6 Å². The number of hydrogen-bond donors (Lipinski definition) is 2. The maximum absolute atomic E-state index is 13.1. The second-order valence-electron chi connectivity index (χ2n) is 7.82. The largest absolute Gasteiger partial charge is 0.376 e. The van der Waals surface area contributed by atoms with E-state index < -0.39 is 0 Å². The van der Waals surface area contributed by atoms with Gasteiger partial charge in [-0.1, -0.05) is 0 Å². The molecule has 0 spiro atoms. The molecule has 3 atom stereocenters. The van der Waals surface area contributed by atoms with Gasteiger partial charge in [-0.05, 0) is 25.3 Å². The number of aromatic amines is 1. The SMILES string of the molecule is CC(=O)c1cc(C(=O)N2CC(C(=O)NCCCn3ccnc3)C[C@@H]3OCC[C@H]32)[nH]n1. The number of H-pyrrole nitrogens is 1. The molecule has 0 aliphatic carbocycles. The third-order valence-electron chi connectivity index (χ3n) is 5.76. The van der Waals surface area contributed by atoms with Gasteiger partial charge in [-0.3, -0.25) is 19.5 Å². The number of ketones is 1. The third kappa shape index (κ3) is 4.28.